The van der Waals surface area contributed by atoms with Crippen molar-refractivity contribution in [2.24, 2.45) is 0 Å². The minimum absolute atomic E-state index is 0.106. The average molecular weight is 463 g/mol. The lowest BCUT2D eigenvalue weighted by Gasteiger charge is -2.13. The first-order valence-corrected chi connectivity index (χ1v) is 11.5. The molecule has 0 aliphatic carbocycles. The molecular weight excluding hydrogens is 444 g/mol. The van der Waals surface area contributed by atoms with E-state index in [0.29, 0.717) is 57.1 Å². The summed E-state index contributed by atoms with van der Waals surface area (Å²) in [6.45, 7) is 2.91. The number of ether oxygens (including phenoxy) is 1. The van der Waals surface area contributed by atoms with Crippen molar-refractivity contribution in [3.63, 3.8) is 0 Å². The Labute approximate surface area is 185 Å². The molecule has 0 bridgehead atoms. The number of aromatic nitrogens is 4. The number of fused-ring (bicyclic) bond motifs is 2. The van der Waals surface area contributed by atoms with E-state index < -0.39 is 0 Å². The zero-order valence-electron chi connectivity index (χ0n) is 16.4. The zero-order valence-corrected chi connectivity index (χ0v) is 18.8. The van der Waals surface area contributed by atoms with Crippen LogP contribution in [0.2, 0.25) is 5.02 Å². The number of thioether (sulfide) groups is 1. The summed E-state index contributed by atoms with van der Waals surface area (Å²) in [5, 5.41) is 3.52. The van der Waals surface area contributed by atoms with Gasteiger partial charge in [-0.25, -0.2) is 9.97 Å². The van der Waals surface area contributed by atoms with E-state index in [0.717, 1.165) is 5.69 Å². The average Bonchev–Trinajstić information content (AvgIpc) is 3.09. The highest BCUT2D eigenvalue weighted by Crippen LogP contribution is 2.23. The highest BCUT2D eigenvalue weighted by molar-refractivity contribution is 7.98. The number of nitrogens with zero attached hydrogens (tertiary/aromatic N) is 4. The lowest BCUT2D eigenvalue weighted by molar-refractivity contribution is 0.189. The molecule has 0 atom stereocenters. The van der Waals surface area contributed by atoms with E-state index in [1.165, 1.54) is 29.2 Å². The number of benzene rings is 1. The van der Waals surface area contributed by atoms with Gasteiger partial charge in [0.1, 0.15) is 0 Å². The molecule has 10 heteroatoms. The van der Waals surface area contributed by atoms with Gasteiger partial charge in [-0.1, -0.05) is 23.4 Å². The molecule has 0 aliphatic heterocycles. The molecule has 4 aromatic rings. The van der Waals surface area contributed by atoms with E-state index in [9.17, 15) is 9.59 Å². The van der Waals surface area contributed by atoms with Gasteiger partial charge in [0.25, 0.3) is 11.1 Å². The van der Waals surface area contributed by atoms with Crippen molar-refractivity contribution in [3.8, 4) is 0 Å². The van der Waals surface area contributed by atoms with Crippen molar-refractivity contribution >= 4 is 50.6 Å². The van der Waals surface area contributed by atoms with Crippen LogP contribution in [0.15, 0.2) is 44.4 Å². The van der Waals surface area contributed by atoms with Crippen LogP contribution in [-0.2, 0) is 17.0 Å². The highest BCUT2D eigenvalue weighted by atomic mass is 35.5. The third kappa shape index (κ3) is 4.15. The summed E-state index contributed by atoms with van der Waals surface area (Å²) in [4.78, 5) is 35.4. The molecule has 4 rings (SSSR count). The Morgan fingerprint density at radius 3 is 2.87 bits per heavy atom. The van der Waals surface area contributed by atoms with Crippen molar-refractivity contribution < 1.29 is 4.74 Å². The topological polar surface area (TPSA) is 78.5 Å². The maximum atomic E-state index is 13.1. The van der Waals surface area contributed by atoms with Crippen LogP contribution < -0.4 is 11.1 Å². The molecule has 0 saturated heterocycles. The van der Waals surface area contributed by atoms with E-state index in [-0.39, 0.29) is 11.1 Å². The number of hydrogen-bond donors (Lipinski definition) is 0. The van der Waals surface area contributed by atoms with Gasteiger partial charge in [0.15, 0.2) is 10.1 Å². The number of rotatable bonds is 7. The third-order valence-electron chi connectivity index (χ3n) is 4.59. The van der Waals surface area contributed by atoms with E-state index in [1.54, 1.807) is 34.3 Å². The maximum Gasteiger partial charge on any atom is 0.262 e. The van der Waals surface area contributed by atoms with Gasteiger partial charge in [-0.3, -0.25) is 18.6 Å². The summed E-state index contributed by atoms with van der Waals surface area (Å²) < 4.78 is 8.37. The van der Waals surface area contributed by atoms with E-state index >= 15 is 0 Å². The first-order valence-electron chi connectivity index (χ1n) is 9.26. The highest BCUT2D eigenvalue weighted by Gasteiger charge is 2.14. The van der Waals surface area contributed by atoms with Crippen LogP contribution in [-0.4, -0.2) is 32.7 Å². The summed E-state index contributed by atoms with van der Waals surface area (Å²) in [6, 6.07) is 6.61. The minimum atomic E-state index is -0.118. The fourth-order valence-electron chi connectivity index (χ4n) is 3.16. The molecule has 3 heterocycles. The lowest BCUT2D eigenvalue weighted by atomic mass is 10.2. The molecule has 0 radical (unpaired) electrons. The predicted octanol–water partition coefficient (Wildman–Crippen LogP) is 3.76. The summed E-state index contributed by atoms with van der Waals surface area (Å²) >= 11 is 8.90. The SMILES string of the molecule is COCCCn1c(SCc2cc(=O)n3c(C)csc3n2)nc2cc(Cl)ccc2c1=O. The van der Waals surface area contributed by atoms with Gasteiger partial charge in [-0.15, -0.1) is 11.3 Å². The summed E-state index contributed by atoms with van der Waals surface area (Å²) in [5.74, 6) is 0.422. The Bertz CT molecular complexity index is 1350. The molecular formula is C20H19ClN4O3S2. The van der Waals surface area contributed by atoms with Crippen LogP contribution in [0.5, 0.6) is 0 Å². The quantitative estimate of drug-likeness (QED) is 0.236. The van der Waals surface area contributed by atoms with Crippen LogP contribution in [0.4, 0.5) is 0 Å². The molecule has 3 aromatic heterocycles. The van der Waals surface area contributed by atoms with Crippen molar-refractivity contribution in [2.75, 3.05) is 13.7 Å². The van der Waals surface area contributed by atoms with Gasteiger partial charge in [-0.05, 0) is 31.5 Å². The minimum Gasteiger partial charge on any atom is -0.385 e. The first kappa shape index (κ1) is 21.0. The Kier molecular flexibility index (Phi) is 6.24. The van der Waals surface area contributed by atoms with Crippen LogP contribution >= 0.6 is 34.7 Å². The van der Waals surface area contributed by atoms with Crippen molar-refractivity contribution in [3.05, 3.63) is 66.8 Å². The van der Waals surface area contributed by atoms with Gasteiger partial charge in [0, 0.05) is 48.2 Å². The Morgan fingerprint density at radius 1 is 1.23 bits per heavy atom. The fraction of sp³-hybridized carbons (Fsp3) is 0.300. The lowest BCUT2D eigenvalue weighted by Crippen LogP contribution is -2.24. The molecule has 0 unspecified atom stereocenters. The monoisotopic (exact) mass is 462 g/mol. The fourth-order valence-corrected chi connectivity index (χ4v) is 5.14. The second-order valence-electron chi connectivity index (χ2n) is 6.73. The largest absolute Gasteiger partial charge is 0.385 e. The first-order chi connectivity index (χ1) is 14.5. The molecule has 156 valence electrons. The van der Waals surface area contributed by atoms with Gasteiger partial charge >= 0.3 is 0 Å². The van der Waals surface area contributed by atoms with Crippen molar-refractivity contribution in [1.82, 2.24) is 18.9 Å². The van der Waals surface area contributed by atoms with Crippen molar-refractivity contribution in [1.29, 1.82) is 0 Å². The molecule has 0 fully saturated rings. The molecule has 0 spiro atoms. The van der Waals surface area contributed by atoms with Crippen LogP contribution in [0.1, 0.15) is 17.8 Å². The smallest absolute Gasteiger partial charge is 0.262 e. The Balaban J connectivity index is 1.70. The molecule has 0 aliphatic rings. The summed E-state index contributed by atoms with van der Waals surface area (Å²) in [5.41, 5.74) is 1.84. The second kappa shape index (κ2) is 8.89. The second-order valence-corrected chi connectivity index (χ2v) is 8.94. The number of halogens is 1. The number of hydrogen-bond acceptors (Lipinski definition) is 7. The van der Waals surface area contributed by atoms with Crippen molar-refractivity contribution in [2.45, 2.75) is 30.8 Å². The standard InChI is InChI=1S/C20H19ClN4O3S2/c1-12-10-29-20-22-14(9-17(26)25(12)20)11-30-19-23-16-8-13(21)4-5-15(16)18(27)24(19)6-3-7-28-2/h4-5,8-10H,3,6-7,11H2,1-2H3. The molecule has 0 amide bonds. The molecule has 0 saturated carbocycles. The number of aryl methyl sites for hydroxylation is 1. The third-order valence-corrected chi connectivity index (χ3v) is 6.78. The van der Waals surface area contributed by atoms with E-state index in [1.807, 2.05) is 12.3 Å². The zero-order chi connectivity index (χ0) is 21.3. The Hall–Kier alpha value is -2.20. The normalized spacial score (nSPS) is 11.6. The molecule has 30 heavy (non-hydrogen) atoms. The summed E-state index contributed by atoms with van der Waals surface area (Å²) in [7, 11) is 1.63. The van der Waals surface area contributed by atoms with E-state index in [4.69, 9.17) is 16.3 Å². The number of thiazole rings is 1. The van der Waals surface area contributed by atoms with Crippen LogP contribution in [0.25, 0.3) is 15.9 Å². The van der Waals surface area contributed by atoms with Gasteiger partial charge in [0.2, 0.25) is 0 Å². The Morgan fingerprint density at radius 2 is 2.07 bits per heavy atom. The van der Waals surface area contributed by atoms with Gasteiger partial charge < -0.3 is 4.74 Å². The summed E-state index contributed by atoms with van der Waals surface area (Å²) in [6.07, 6.45) is 0.685. The molecule has 1 aromatic carbocycles. The van der Waals surface area contributed by atoms with Gasteiger partial charge in [-0.2, -0.15) is 0 Å². The number of methoxy groups -OCH3 is 1. The molecule has 7 nitrogen and oxygen atoms in total. The van der Waals surface area contributed by atoms with Gasteiger partial charge in [0.05, 0.1) is 16.6 Å². The van der Waals surface area contributed by atoms with Crippen LogP contribution in [0.3, 0.4) is 0 Å². The maximum absolute atomic E-state index is 13.1. The predicted molar refractivity (Wildman–Crippen MR) is 121 cm³/mol. The van der Waals surface area contributed by atoms with Crippen LogP contribution in [0, 0.1) is 6.92 Å². The van der Waals surface area contributed by atoms with E-state index in [2.05, 4.69) is 9.97 Å². The molecule has 0 N–H and O–H groups in total.